The van der Waals surface area contributed by atoms with Crippen LogP contribution < -0.4 is 0 Å². The molecule has 0 amide bonds. The molecule has 0 bridgehead atoms. The first-order valence-corrected chi connectivity index (χ1v) is 4.39. The predicted octanol–water partition coefficient (Wildman–Crippen LogP) is 3.19. The average Bonchev–Trinajstić information content (AvgIpc) is 2.49. The van der Waals surface area contributed by atoms with Gasteiger partial charge in [0, 0.05) is 16.1 Å². The standard InChI is InChI=1S/C8H5BrF2N2/c9-6-3-1-2-5-4-13(8(10)11)12-7(5)6/h1-4,8H. The lowest BCUT2D eigenvalue weighted by molar-refractivity contribution is 0.0573. The van der Waals surface area contributed by atoms with Crippen LogP contribution in [-0.4, -0.2) is 9.78 Å². The van der Waals surface area contributed by atoms with Crippen LogP contribution in [0.4, 0.5) is 8.78 Å². The molecule has 0 atom stereocenters. The number of hydrogen-bond acceptors (Lipinski definition) is 1. The Morgan fingerprint density at radius 1 is 1.38 bits per heavy atom. The molecule has 0 aliphatic carbocycles. The molecule has 0 aliphatic rings. The van der Waals surface area contributed by atoms with Gasteiger partial charge in [0.05, 0.1) is 0 Å². The first-order chi connectivity index (χ1) is 6.18. The van der Waals surface area contributed by atoms with Crippen molar-refractivity contribution in [3.63, 3.8) is 0 Å². The molecule has 1 aromatic heterocycles. The zero-order valence-corrected chi connectivity index (χ0v) is 8.00. The lowest BCUT2D eigenvalue weighted by atomic mass is 10.3. The average molecular weight is 247 g/mol. The Kier molecular flexibility index (Phi) is 2.03. The van der Waals surface area contributed by atoms with Crippen LogP contribution in [0.1, 0.15) is 6.55 Å². The van der Waals surface area contributed by atoms with E-state index in [2.05, 4.69) is 21.0 Å². The number of fused-ring (bicyclic) bond motifs is 1. The molecule has 1 aromatic carbocycles. The molecule has 0 N–H and O–H groups in total. The number of halogens is 3. The van der Waals surface area contributed by atoms with Crippen molar-refractivity contribution in [2.24, 2.45) is 0 Å². The topological polar surface area (TPSA) is 17.8 Å². The molecule has 5 heteroatoms. The Hall–Kier alpha value is -0.970. The highest BCUT2D eigenvalue weighted by atomic mass is 79.9. The largest absolute Gasteiger partial charge is 0.333 e. The van der Waals surface area contributed by atoms with E-state index in [1.807, 2.05) is 0 Å². The summed E-state index contributed by atoms with van der Waals surface area (Å²) < 4.78 is 25.8. The molecule has 0 fully saturated rings. The molecule has 2 rings (SSSR count). The van der Waals surface area contributed by atoms with Crippen LogP contribution in [-0.2, 0) is 0 Å². The molecular weight excluding hydrogens is 242 g/mol. The fraction of sp³-hybridized carbons (Fsp3) is 0.125. The number of aromatic nitrogens is 2. The third-order valence-corrected chi connectivity index (χ3v) is 2.34. The first kappa shape index (κ1) is 8.62. The van der Waals surface area contributed by atoms with E-state index in [0.717, 1.165) is 4.47 Å². The van der Waals surface area contributed by atoms with Gasteiger partial charge in [0.2, 0.25) is 0 Å². The summed E-state index contributed by atoms with van der Waals surface area (Å²) in [6, 6.07) is 5.29. The summed E-state index contributed by atoms with van der Waals surface area (Å²) in [5.41, 5.74) is 0.558. The molecule has 0 spiro atoms. The summed E-state index contributed by atoms with van der Waals surface area (Å²) in [6.07, 6.45) is 1.32. The van der Waals surface area contributed by atoms with Gasteiger partial charge in [-0.25, -0.2) is 4.68 Å². The highest BCUT2D eigenvalue weighted by molar-refractivity contribution is 9.10. The maximum atomic E-state index is 12.2. The Bertz CT molecular complexity index is 439. The molecule has 68 valence electrons. The van der Waals surface area contributed by atoms with Crippen LogP contribution in [0.2, 0.25) is 0 Å². The van der Waals surface area contributed by atoms with E-state index in [1.165, 1.54) is 6.20 Å². The van der Waals surface area contributed by atoms with Gasteiger partial charge in [-0.05, 0) is 22.0 Å². The minimum Gasteiger partial charge on any atom is -0.210 e. The van der Waals surface area contributed by atoms with Crippen molar-refractivity contribution in [2.45, 2.75) is 6.55 Å². The van der Waals surface area contributed by atoms with Gasteiger partial charge in [0.1, 0.15) is 5.52 Å². The van der Waals surface area contributed by atoms with Gasteiger partial charge in [-0.15, -0.1) is 0 Å². The quantitative estimate of drug-likeness (QED) is 0.756. The van der Waals surface area contributed by atoms with Gasteiger partial charge in [0.15, 0.2) is 0 Å². The van der Waals surface area contributed by atoms with Crippen molar-refractivity contribution >= 4 is 26.8 Å². The monoisotopic (exact) mass is 246 g/mol. The Balaban J connectivity index is 2.68. The van der Waals surface area contributed by atoms with E-state index in [0.29, 0.717) is 15.6 Å². The summed E-state index contributed by atoms with van der Waals surface area (Å²) in [7, 11) is 0. The third kappa shape index (κ3) is 1.44. The minimum absolute atomic E-state index is 0.558. The molecule has 0 radical (unpaired) electrons. The number of rotatable bonds is 1. The van der Waals surface area contributed by atoms with Gasteiger partial charge >= 0.3 is 6.55 Å². The molecule has 13 heavy (non-hydrogen) atoms. The molecular formula is C8H5BrF2N2. The van der Waals surface area contributed by atoms with E-state index in [9.17, 15) is 8.78 Å². The van der Waals surface area contributed by atoms with Gasteiger partial charge < -0.3 is 0 Å². The van der Waals surface area contributed by atoms with E-state index in [4.69, 9.17) is 0 Å². The molecule has 2 aromatic rings. The second kappa shape index (κ2) is 3.06. The fourth-order valence-electron chi connectivity index (χ4n) is 1.13. The van der Waals surface area contributed by atoms with E-state index >= 15 is 0 Å². The maximum absolute atomic E-state index is 12.2. The first-order valence-electron chi connectivity index (χ1n) is 3.60. The second-order valence-corrected chi connectivity index (χ2v) is 3.42. The summed E-state index contributed by atoms with van der Waals surface area (Å²) in [6.45, 7) is -2.58. The Morgan fingerprint density at radius 3 is 2.77 bits per heavy atom. The summed E-state index contributed by atoms with van der Waals surface area (Å²) >= 11 is 3.24. The zero-order valence-electron chi connectivity index (χ0n) is 6.42. The predicted molar refractivity (Wildman–Crippen MR) is 48.7 cm³/mol. The van der Waals surface area contributed by atoms with Crippen molar-refractivity contribution in [3.8, 4) is 0 Å². The number of hydrogen-bond donors (Lipinski definition) is 0. The summed E-state index contributed by atoms with van der Waals surface area (Å²) in [5, 5.41) is 4.43. The molecule has 2 nitrogen and oxygen atoms in total. The van der Waals surface area contributed by atoms with E-state index in [-0.39, 0.29) is 0 Å². The van der Waals surface area contributed by atoms with Crippen molar-refractivity contribution in [2.75, 3.05) is 0 Å². The smallest absolute Gasteiger partial charge is 0.210 e. The SMILES string of the molecule is FC(F)n1cc2cccc(Br)c2n1. The lowest BCUT2D eigenvalue weighted by Crippen LogP contribution is -1.97. The normalized spacial score (nSPS) is 11.4. The van der Waals surface area contributed by atoms with Gasteiger partial charge in [-0.3, -0.25) is 0 Å². The van der Waals surface area contributed by atoms with Crippen molar-refractivity contribution < 1.29 is 8.78 Å². The number of alkyl halides is 2. The highest BCUT2D eigenvalue weighted by Crippen LogP contribution is 2.23. The highest BCUT2D eigenvalue weighted by Gasteiger charge is 2.09. The third-order valence-electron chi connectivity index (χ3n) is 1.70. The van der Waals surface area contributed by atoms with Crippen LogP contribution >= 0.6 is 15.9 Å². The summed E-state index contributed by atoms with van der Waals surface area (Å²) in [4.78, 5) is 0. The van der Waals surface area contributed by atoms with Crippen LogP contribution in [0.15, 0.2) is 28.9 Å². The van der Waals surface area contributed by atoms with Gasteiger partial charge in [-0.1, -0.05) is 12.1 Å². The van der Waals surface area contributed by atoms with Crippen LogP contribution in [0.25, 0.3) is 10.9 Å². The van der Waals surface area contributed by atoms with Crippen molar-refractivity contribution in [3.05, 3.63) is 28.9 Å². The van der Waals surface area contributed by atoms with Crippen LogP contribution in [0.5, 0.6) is 0 Å². The van der Waals surface area contributed by atoms with Crippen LogP contribution in [0.3, 0.4) is 0 Å². The molecule has 1 heterocycles. The van der Waals surface area contributed by atoms with Gasteiger partial charge in [-0.2, -0.15) is 13.9 Å². The van der Waals surface area contributed by atoms with E-state index < -0.39 is 6.55 Å². The summed E-state index contributed by atoms with van der Waals surface area (Å²) in [5.74, 6) is 0. The minimum atomic E-state index is -2.58. The van der Waals surface area contributed by atoms with Crippen molar-refractivity contribution in [1.82, 2.24) is 9.78 Å². The Labute approximate surface area is 81.3 Å². The molecule has 0 aliphatic heterocycles. The van der Waals surface area contributed by atoms with E-state index in [1.54, 1.807) is 18.2 Å². The number of benzene rings is 1. The lowest BCUT2D eigenvalue weighted by Gasteiger charge is -1.94. The molecule has 0 unspecified atom stereocenters. The maximum Gasteiger partial charge on any atom is 0.333 e. The zero-order chi connectivity index (χ0) is 9.42. The van der Waals surface area contributed by atoms with Gasteiger partial charge in [0.25, 0.3) is 0 Å². The second-order valence-electron chi connectivity index (χ2n) is 2.56. The Morgan fingerprint density at radius 2 is 2.15 bits per heavy atom. The van der Waals surface area contributed by atoms with Crippen LogP contribution in [0, 0.1) is 0 Å². The van der Waals surface area contributed by atoms with Crippen molar-refractivity contribution in [1.29, 1.82) is 0 Å². The molecule has 0 saturated carbocycles. The number of nitrogens with zero attached hydrogens (tertiary/aromatic N) is 2. The fourth-order valence-corrected chi connectivity index (χ4v) is 1.59. The molecule has 0 saturated heterocycles.